The van der Waals surface area contributed by atoms with Crippen molar-refractivity contribution < 1.29 is 4.79 Å². The van der Waals surface area contributed by atoms with Gasteiger partial charge in [-0.15, -0.1) is 11.3 Å². The molecule has 116 valence electrons. The third kappa shape index (κ3) is 2.75. The molecule has 3 aliphatic heterocycles. The van der Waals surface area contributed by atoms with Gasteiger partial charge in [-0.1, -0.05) is 0 Å². The molecule has 2 aromatic rings. The Balaban J connectivity index is 1.32. The van der Waals surface area contributed by atoms with Crippen molar-refractivity contribution in [3.05, 3.63) is 29.4 Å². The van der Waals surface area contributed by atoms with E-state index in [4.69, 9.17) is 0 Å². The molecule has 4 nitrogen and oxygen atoms in total. The normalized spacial score (nSPS) is 27.2. The van der Waals surface area contributed by atoms with Crippen molar-refractivity contribution >= 4 is 27.3 Å². The van der Waals surface area contributed by atoms with Gasteiger partial charge in [-0.05, 0) is 61.7 Å². The van der Waals surface area contributed by atoms with Crippen LogP contribution < -0.4 is 5.32 Å². The number of carbonyl (C=O) groups is 1. The number of amides is 1. The lowest BCUT2D eigenvalue weighted by Gasteiger charge is -2.45. The zero-order valence-electron chi connectivity index (χ0n) is 12.6. The first-order valence-corrected chi connectivity index (χ1v) is 9.01. The number of thiophene rings is 1. The van der Waals surface area contributed by atoms with E-state index in [2.05, 4.69) is 15.2 Å². The number of nitrogens with zero attached hydrogens (tertiary/aromatic N) is 2. The van der Waals surface area contributed by atoms with Gasteiger partial charge in [0.05, 0.1) is 0 Å². The average Bonchev–Trinajstić information content (AvgIpc) is 3.03. The molecule has 0 aliphatic carbocycles. The van der Waals surface area contributed by atoms with Gasteiger partial charge in [0.25, 0.3) is 5.91 Å². The number of hydrogen-bond acceptors (Lipinski definition) is 4. The molecular weight excluding hydrogens is 294 g/mol. The molecule has 5 heteroatoms. The van der Waals surface area contributed by atoms with Crippen LogP contribution in [0.25, 0.3) is 10.1 Å². The third-order valence-corrected chi connectivity index (χ3v) is 6.04. The van der Waals surface area contributed by atoms with Crippen LogP contribution in [0.1, 0.15) is 29.8 Å². The maximum Gasteiger partial charge on any atom is 0.269 e. The Bertz CT molecular complexity index is 675. The van der Waals surface area contributed by atoms with Crippen LogP contribution in [0.3, 0.4) is 0 Å². The third-order valence-electron chi connectivity index (χ3n) is 5.16. The average molecular weight is 315 g/mol. The highest BCUT2D eigenvalue weighted by molar-refractivity contribution is 7.17. The predicted molar refractivity (Wildman–Crippen MR) is 89.2 cm³/mol. The van der Waals surface area contributed by atoms with Gasteiger partial charge in [0.2, 0.25) is 0 Å². The second kappa shape index (κ2) is 5.97. The lowest BCUT2D eigenvalue weighted by molar-refractivity contribution is 0.0466. The van der Waals surface area contributed by atoms with Crippen molar-refractivity contribution in [2.75, 3.05) is 26.2 Å². The van der Waals surface area contributed by atoms with Crippen LogP contribution in [0.4, 0.5) is 0 Å². The van der Waals surface area contributed by atoms with Gasteiger partial charge in [0.1, 0.15) is 5.69 Å². The molecule has 22 heavy (non-hydrogen) atoms. The number of pyridine rings is 1. The van der Waals surface area contributed by atoms with E-state index in [0.29, 0.717) is 5.69 Å². The highest BCUT2D eigenvalue weighted by atomic mass is 32.1. The van der Waals surface area contributed by atoms with Crippen LogP contribution in [0.5, 0.6) is 0 Å². The zero-order chi connectivity index (χ0) is 14.9. The number of aromatic nitrogens is 1. The fourth-order valence-electron chi connectivity index (χ4n) is 3.86. The second-order valence-corrected chi connectivity index (χ2v) is 7.42. The molecule has 1 amide bonds. The largest absolute Gasteiger partial charge is 0.351 e. The molecule has 3 aliphatic rings. The summed E-state index contributed by atoms with van der Waals surface area (Å²) in [5, 5.41) is 6.18. The summed E-state index contributed by atoms with van der Waals surface area (Å²) < 4.78 is 1.12. The zero-order valence-corrected chi connectivity index (χ0v) is 13.4. The monoisotopic (exact) mass is 315 g/mol. The van der Waals surface area contributed by atoms with Crippen molar-refractivity contribution in [2.24, 2.45) is 11.8 Å². The molecule has 2 aromatic heterocycles. The van der Waals surface area contributed by atoms with E-state index in [9.17, 15) is 4.79 Å². The number of hydrogen-bond donors (Lipinski definition) is 1. The summed E-state index contributed by atoms with van der Waals surface area (Å²) in [4.78, 5) is 19.1. The van der Waals surface area contributed by atoms with E-state index >= 15 is 0 Å². The summed E-state index contributed by atoms with van der Waals surface area (Å²) in [6.45, 7) is 4.54. The van der Waals surface area contributed by atoms with Crippen LogP contribution in [-0.2, 0) is 0 Å². The van der Waals surface area contributed by atoms with Crippen molar-refractivity contribution in [2.45, 2.75) is 19.3 Å². The summed E-state index contributed by atoms with van der Waals surface area (Å²) in [5.41, 5.74) is 0.531. The molecule has 0 spiro atoms. The maximum absolute atomic E-state index is 12.2. The van der Waals surface area contributed by atoms with Crippen LogP contribution >= 0.6 is 11.3 Å². The summed E-state index contributed by atoms with van der Waals surface area (Å²) in [7, 11) is 0. The Morgan fingerprint density at radius 2 is 2.27 bits per heavy atom. The number of carbonyl (C=O) groups excluding carboxylic acids is 1. The van der Waals surface area contributed by atoms with Gasteiger partial charge >= 0.3 is 0 Å². The van der Waals surface area contributed by atoms with Crippen molar-refractivity contribution in [3.8, 4) is 0 Å². The molecule has 2 bridgehead atoms. The minimum Gasteiger partial charge on any atom is -0.351 e. The smallest absolute Gasteiger partial charge is 0.269 e. The van der Waals surface area contributed by atoms with Gasteiger partial charge in [-0.25, -0.2) is 0 Å². The first-order valence-electron chi connectivity index (χ1n) is 8.13. The molecule has 0 saturated carbocycles. The van der Waals surface area contributed by atoms with Crippen molar-refractivity contribution in [3.63, 3.8) is 0 Å². The van der Waals surface area contributed by atoms with Crippen LogP contribution in [0.15, 0.2) is 23.7 Å². The maximum atomic E-state index is 12.2. The highest BCUT2D eigenvalue weighted by Crippen LogP contribution is 2.33. The van der Waals surface area contributed by atoms with Crippen LogP contribution in [0, 0.1) is 11.8 Å². The standard InChI is InChI=1S/C17H21N3OS/c21-17(15-9-16-13(10-19-15)4-8-22-16)18-5-1-14-11-20-6-2-12(14)3-7-20/h4,8-10,12,14H,1-3,5-7,11H2,(H,18,21)/t14-/m0/s1. The van der Waals surface area contributed by atoms with E-state index < -0.39 is 0 Å². The molecule has 0 radical (unpaired) electrons. The van der Waals surface area contributed by atoms with E-state index in [1.807, 2.05) is 17.5 Å². The van der Waals surface area contributed by atoms with E-state index in [1.165, 1.54) is 32.5 Å². The topological polar surface area (TPSA) is 45.2 Å². The number of rotatable bonds is 4. The number of piperidine rings is 3. The van der Waals surface area contributed by atoms with Gasteiger partial charge in [0.15, 0.2) is 0 Å². The minimum atomic E-state index is -0.0448. The first kappa shape index (κ1) is 14.2. The molecule has 3 fully saturated rings. The minimum absolute atomic E-state index is 0.0448. The van der Waals surface area contributed by atoms with E-state index in [1.54, 1.807) is 17.5 Å². The number of fused-ring (bicyclic) bond motifs is 4. The van der Waals surface area contributed by atoms with Crippen LogP contribution in [0.2, 0.25) is 0 Å². The Morgan fingerprint density at radius 1 is 1.41 bits per heavy atom. The Morgan fingerprint density at radius 3 is 3.05 bits per heavy atom. The molecule has 1 N–H and O–H groups in total. The molecular formula is C17H21N3OS. The molecule has 0 aromatic carbocycles. The van der Waals surface area contributed by atoms with E-state index in [-0.39, 0.29) is 5.91 Å². The van der Waals surface area contributed by atoms with Gasteiger partial charge in [-0.2, -0.15) is 0 Å². The fourth-order valence-corrected chi connectivity index (χ4v) is 4.65. The summed E-state index contributed by atoms with van der Waals surface area (Å²) in [6, 6.07) is 3.92. The molecule has 5 heterocycles. The summed E-state index contributed by atoms with van der Waals surface area (Å²) in [5.74, 6) is 1.59. The quantitative estimate of drug-likeness (QED) is 0.943. The van der Waals surface area contributed by atoms with Crippen LogP contribution in [-0.4, -0.2) is 42.0 Å². The molecule has 1 atom stereocenters. The second-order valence-electron chi connectivity index (χ2n) is 6.47. The summed E-state index contributed by atoms with van der Waals surface area (Å²) >= 11 is 1.65. The highest BCUT2D eigenvalue weighted by Gasteiger charge is 2.33. The van der Waals surface area contributed by atoms with Crippen molar-refractivity contribution in [1.29, 1.82) is 0 Å². The molecule has 3 saturated heterocycles. The fraction of sp³-hybridized carbons (Fsp3) is 0.529. The lowest BCUT2D eigenvalue weighted by Crippen LogP contribution is -2.48. The predicted octanol–water partition coefficient (Wildman–Crippen LogP) is 2.76. The summed E-state index contributed by atoms with van der Waals surface area (Å²) in [6.07, 6.45) is 5.56. The first-order chi connectivity index (χ1) is 10.8. The van der Waals surface area contributed by atoms with Gasteiger partial charge in [-0.3, -0.25) is 9.78 Å². The van der Waals surface area contributed by atoms with Gasteiger partial charge < -0.3 is 10.2 Å². The lowest BCUT2D eigenvalue weighted by atomic mass is 9.77. The number of nitrogens with one attached hydrogen (secondary N) is 1. The Kier molecular flexibility index (Phi) is 3.84. The molecule has 5 rings (SSSR count). The van der Waals surface area contributed by atoms with E-state index in [0.717, 1.165) is 34.9 Å². The Hall–Kier alpha value is -1.46. The SMILES string of the molecule is O=C(NCC[C@H]1CN2CCC1CC2)c1cc2sccc2cn1. The Labute approximate surface area is 134 Å². The van der Waals surface area contributed by atoms with Gasteiger partial charge in [0, 0.05) is 29.4 Å². The van der Waals surface area contributed by atoms with Crippen molar-refractivity contribution in [1.82, 2.24) is 15.2 Å². The molecule has 0 unspecified atom stereocenters.